The lowest BCUT2D eigenvalue weighted by Crippen LogP contribution is -2.23. The smallest absolute Gasteiger partial charge is 0.263 e. The van der Waals surface area contributed by atoms with Gasteiger partial charge in [-0.2, -0.15) is 0 Å². The van der Waals surface area contributed by atoms with Gasteiger partial charge in [-0.3, -0.25) is 9.52 Å². The minimum absolute atomic E-state index is 0.0662. The fraction of sp³-hybridized carbons (Fsp3) is 0.0556. The van der Waals surface area contributed by atoms with Crippen molar-refractivity contribution in [1.29, 1.82) is 0 Å². The lowest BCUT2D eigenvalue weighted by Gasteiger charge is -2.13. The lowest BCUT2D eigenvalue weighted by atomic mass is 10.3. The second-order valence-electron chi connectivity index (χ2n) is 5.45. The second-order valence-corrected chi connectivity index (χ2v) is 7.10. The number of rotatable bonds is 7. The van der Waals surface area contributed by atoms with Gasteiger partial charge in [0, 0.05) is 11.9 Å². The summed E-state index contributed by atoms with van der Waals surface area (Å²) in [5.41, 5.74) is 0.810. The molecule has 8 heteroatoms. The van der Waals surface area contributed by atoms with Crippen molar-refractivity contribution in [3.05, 3.63) is 72.9 Å². The lowest BCUT2D eigenvalue weighted by molar-refractivity contribution is -0.114. The van der Waals surface area contributed by atoms with E-state index < -0.39 is 10.0 Å². The van der Waals surface area contributed by atoms with Crippen molar-refractivity contribution >= 4 is 33.1 Å². The average molecular weight is 370 g/mol. The van der Waals surface area contributed by atoms with Gasteiger partial charge >= 0.3 is 0 Å². The third-order valence-electron chi connectivity index (χ3n) is 3.51. The third kappa shape index (κ3) is 4.42. The summed E-state index contributed by atoms with van der Waals surface area (Å²) in [4.78, 5) is 14.9. The Morgan fingerprint density at radius 1 is 0.923 bits per heavy atom. The number of aromatic amines is 1. The molecular weight excluding hydrogens is 352 g/mol. The van der Waals surface area contributed by atoms with Crippen molar-refractivity contribution in [1.82, 2.24) is 4.98 Å². The summed E-state index contributed by atoms with van der Waals surface area (Å²) >= 11 is 0. The molecule has 3 rings (SSSR count). The van der Waals surface area contributed by atoms with Gasteiger partial charge in [-0.25, -0.2) is 8.42 Å². The Bertz CT molecular complexity index is 971. The fourth-order valence-electron chi connectivity index (χ4n) is 2.34. The molecule has 1 amide bonds. The number of H-pyrrole nitrogens is 1. The number of para-hydroxylation sites is 2. The van der Waals surface area contributed by atoms with E-state index in [1.165, 1.54) is 6.07 Å². The summed E-state index contributed by atoms with van der Waals surface area (Å²) in [6.45, 7) is -0.0725. The molecule has 0 atom stereocenters. The molecule has 2 aromatic carbocycles. The number of aromatic nitrogens is 1. The molecule has 0 spiro atoms. The van der Waals surface area contributed by atoms with Gasteiger partial charge < -0.3 is 15.6 Å². The quantitative estimate of drug-likeness (QED) is 0.513. The number of nitrogens with one attached hydrogen (secondary N) is 4. The second kappa shape index (κ2) is 7.75. The number of carbonyl (C=O) groups excluding carboxylic acids is 1. The summed E-state index contributed by atoms with van der Waals surface area (Å²) in [5, 5.41) is 5.54. The van der Waals surface area contributed by atoms with E-state index in [2.05, 4.69) is 20.3 Å². The van der Waals surface area contributed by atoms with Crippen LogP contribution in [0.15, 0.2) is 77.8 Å². The molecule has 0 aliphatic heterocycles. The molecule has 3 aromatic rings. The van der Waals surface area contributed by atoms with E-state index in [1.807, 2.05) is 0 Å². The van der Waals surface area contributed by atoms with Gasteiger partial charge in [-0.15, -0.1) is 0 Å². The van der Waals surface area contributed by atoms with Gasteiger partial charge in [-0.1, -0.05) is 30.3 Å². The summed E-state index contributed by atoms with van der Waals surface area (Å²) in [5.74, 6) is 0.277. The molecular formula is C18H18N4O3S. The van der Waals surface area contributed by atoms with E-state index in [4.69, 9.17) is 0 Å². The van der Waals surface area contributed by atoms with Crippen LogP contribution in [0.1, 0.15) is 0 Å². The Balaban J connectivity index is 1.72. The van der Waals surface area contributed by atoms with Crippen LogP contribution in [0.3, 0.4) is 0 Å². The normalized spacial score (nSPS) is 10.9. The predicted octanol–water partition coefficient (Wildman–Crippen LogP) is 2.87. The highest BCUT2D eigenvalue weighted by Crippen LogP contribution is 2.23. The van der Waals surface area contributed by atoms with Crippen LogP contribution in [-0.2, 0) is 14.8 Å². The van der Waals surface area contributed by atoms with Crippen LogP contribution >= 0.6 is 0 Å². The van der Waals surface area contributed by atoms with E-state index in [-0.39, 0.29) is 17.3 Å². The molecule has 1 aromatic heterocycles. The van der Waals surface area contributed by atoms with Gasteiger partial charge in [0.25, 0.3) is 10.0 Å². The average Bonchev–Trinajstić information content (AvgIpc) is 3.13. The first-order valence-corrected chi connectivity index (χ1v) is 9.37. The van der Waals surface area contributed by atoms with E-state index >= 15 is 0 Å². The maximum Gasteiger partial charge on any atom is 0.263 e. The molecule has 0 saturated carbocycles. The third-order valence-corrected chi connectivity index (χ3v) is 4.95. The molecule has 0 saturated heterocycles. The maximum atomic E-state index is 12.7. The molecule has 0 unspecified atom stereocenters. The Morgan fingerprint density at radius 3 is 2.38 bits per heavy atom. The van der Waals surface area contributed by atoms with E-state index in [0.717, 1.165) is 0 Å². The number of hydrogen-bond acceptors (Lipinski definition) is 4. The van der Waals surface area contributed by atoms with Crippen LogP contribution in [0.2, 0.25) is 0 Å². The highest BCUT2D eigenvalue weighted by atomic mass is 32.2. The zero-order valence-electron chi connectivity index (χ0n) is 13.8. The molecule has 0 radical (unpaired) electrons. The zero-order chi connectivity index (χ0) is 18.4. The zero-order valence-corrected chi connectivity index (χ0v) is 14.6. The highest BCUT2D eigenvalue weighted by molar-refractivity contribution is 7.92. The van der Waals surface area contributed by atoms with Crippen LogP contribution in [0.5, 0.6) is 0 Å². The van der Waals surface area contributed by atoms with Crippen LogP contribution in [0, 0.1) is 0 Å². The molecule has 4 N–H and O–H groups in total. The molecule has 0 bridgehead atoms. The van der Waals surface area contributed by atoms with E-state index in [9.17, 15) is 13.2 Å². The summed E-state index contributed by atoms with van der Waals surface area (Å²) < 4.78 is 27.9. The van der Waals surface area contributed by atoms with Gasteiger partial charge in [0.1, 0.15) is 10.7 Å². The van der Waals surface area contributed by atoms with Crippen molar-refractivity contribution in [3.63, 3.8) is 0 Å². The molecule has 1 heterocycles. The summed E-state index contributed by atoms with van der Waals surface area (Å²) in [6, 6.07) is 18.5. The molecule has 0 aliphatic rings. The SMILES string of the molecule is O=C(CNc1ccccc1S(=O)(=O)Nc1ccccc1)Nc1ccc[nH]1. The maximum absolute atomic E-state index is 12.7. The minimum atomic E-state index is -3.79. The Labute approximate surface area is 151 Å². The van der Waals surface area contributed by atoms with Gasteiger partial charge in [0.15, 0.2) is 0 Å². The minimum Gasteiger partial charge on any atom is -0.375 e. The molecule has 0 fully saturated rings. The predicted molar refractivity (Wildman–Crippen MR) is 102 cm³/mol. The first-order valence-electron chi connectivity index (χ1n) is 7.88. The van der Waals surface area contributed by atoms with Crippen LogP contribution in [0.4, 0.5) is 17.2 Å². The summed E-state index contributed by atoms with van der Waals surface area (Å²) in [7, 11) is -3.79. The number of benzene rings is 2. The van der Waals surface area contributed by atoms with Gasteiger partial charge in [0.2, 0.25) is 5.91 Å². The number of sulfonamides is 1. The number of carbonyl (C=O) groups is 1. The largest absolute Gasteiger partial charge is 0.375 e. The Morgan fingerprint density at radius 2 is 1.65 bits per heavy atom. The standard InChI is InChI=1S/C18H18N4O3S/c23-18(21-17-11-6-12-19-17)13-20-15-9-4-5-10-16(15)26(24,25)22-14-7-2-1-3-8-14/h1-12,19-20,22H,13H2,(H,21,23). The highest BCUT2D eigenvalue weighted by Gasteiger charge is 2.18. The van der Waals surface area contributed by atoms with Crippen molar-refractivity contribution in [2.45, 2.75) is 4.90 Å². The van der Waals surface area contributed by atoms with Crippen molar-refractivity contribution in [2.24, 2.45) is 0 Å². The molecule has 26 heavy (non-hydrogen) atoms. The number of amides is 1. The summed E-state index contributed by atoms with van der Waals surface area (Å²) in [6.07, 6.45) is 1.69. The first kappa shape index (κ1) is 17.6. The van der Waals surface area contributed by atoms with Crippen molar-refractivity contribution in [2.75, 3.05) is 21.9 Å². The van der Waals surface area contributed by atoms with Crippen LogP contribution in [0.25, 0.3) is 0 Å². The van der Waals surface area contributed by atoms with E-state index in [0.29, 0.717) is 17.2 Å². The molecule has 0 aliphatic carbocycles. The molecule has 134 valence electrons. The topological polar surface area (TPSA) is 103 Å². The van der Waals surface area contributed by atoms with Gasteiger partial charge in [-0.05, 0) is 36.4 Å². The number of anilines is 3. The molecule has 7 nitrogen and oxygen atoms in total. The number of hydrogen-bond donors (Lipinski definition) is 4. The van der Waals surface area contributed by atoms with Gasteiger partial charge in [0.05, 0.1) is 12.2 Å². The Hall–Kier alpha value is -3.26. The van der Waals surface area contributed by atoms with Crippen molar-refractivity contribution in [3.8, 4) is 0 Å². The van der Waals surface area contributed by atoms with Crippen LogP contribution in [-0.4, -0.2) is 25.9 Å². The monoisotopic (exact) mass is 370 g/mol. The van der Waals surface area contributed by atoms with Crippen LogP contribution < -0.4 is 15.4 Å². The first-order chi connectivity index (χ1) is 12.5. The van der Waals surface area contributed by atoms with E-state index in [1.54, 1.807) is 66.9 Å². The fourth-order valence-corrected chi connectivity index (χ4v) is 3.59. The Kier molecular flexibility index (Phi) is 5.23. The van der Waals surface area contributed by atoms with Crippen molar-refractivity contribution < 1.29 is 13.2 Å².